The third kappa shape index (κ3) is 3.20. The summed E-state index contributed by atoms with van der Waals surface area (Å²) in [6.07, 6.45) is 5.18. The minimum atomic E-state index is -0.0178. The molecule has 1 unspecified atom stereocenters. The van der Waals surface area contributed by atoms with Crippen molar-refractivity contribution in [1.29, 1.82) is 5.26 Å². The van der Waals surface area contributed by atoms with Crippen molar-refractivity contribution in [3.05, 3.63) is 0 Å². The van der Waals surface area contributed by atoms with Gasteiger partial charge in [0.25, 0.3) is 0 Å². The van der Waals surface area contributed by atoms with E-state index in [1.165, 1.54) is 25.7 Å². The Morgan fingerprint density at radius 3 is 2.25 bits per heavy atom. The molecule has 3 nitrogen and oxygen atoms in total. The van der Waals surface area contributed by atoms with E-state index in [4.69, 9.17) is 5.26 Å². The van der Waals surface area contributed by atoms with Gasteiger partial charge in [-0.2, -0.15) is 5.26 Å². The van der Waals surface area contributed by atoms with Crippen molar-refractivity contribution in [3.8, 4) is 6.07 Å². The van der Waals surface area contributed by atoms with Gasteiger partial charge in [-0.05, 0) is 38.4 Å². The molecule has 1 heterocycles. The average Bonchev–Trinajstić information content (AvgIpc) is 2.37. The van der Waals surface area contributed by atoms with Crippen LogP contribution in [0.5, 0.6) is 0 Å². The molecule has 0 bridgehead atoms. The Labute approximate surface area is 99.8 Å². The SMILES string of the molecule is CCC1(CC)CCN(CC(C#N)NC)CC1. The van der Waals surface area contributed by atoms with Gasteiger partial charge in [0, 0.05) is 6.54 Å². The first-order valence-corrected chi connectivity index (χ1v) is 6.49. The lowest BCUT2D eigenvalue weighted by molar-refractivity contribution is 0.0927. The lowest BCUT2D eigenvalue weighted by Crippen LogP contribution is -2.45. The minimum Gasteiger partial charge on any atom is -0.304 e. The molecule has 0 aliphatic carbocycles. The monoisotopic (exact) mass is 223 g/mol. The first-order valence-electron chi connectivity index (χ1n) is 6.49. The van der Waals surface area contributed by atoms with Crippen LogP contribution in [0.25, 0.3) is 0 Å². The summed E-state index contributed by atoms with van der Waals surface area (Å²) in [6.45, 7) is 7.80. The first kappa shape index (κ1) is 13.5. The Balaban J connectivity index is 2.40. The summed E-state index contributed by atoms with van der Waals surface area (Å²) in [6, 6.07) is 2.28. The summed E-state index contributed by atoms with van der Waals surface area (Å²) >= 11 is 0. The highest BCUT2D eigenvalue weighted by Crippen LogP contribution is 2.37. The van der Waals surface area contributed by atoms with Crippen LogP contribution >= 0.6 is 0 Å². The maximum atomic E-state index is 8.91. The molecule has 3 heteroatoms. The van der Waals surface area contributed by atoms with Gasteiger partial charge >= 0.3 is 0 Å². The van der Waals surface area contributed by atoms with Crippen molar-refractivity contribution in [3.63, 3.8) is 0 Å². The average molecular weight is 223 g/mol. The van der Waals surface area contributed by atoms with Gasteiger partial charge in [-0.1, -0.05) is 26.7 Å². The largest absolute Gasteiger partial charge is 0.304 e. The molecule has 0 aromatic heterocycles. The highest BCUT2D eigenvalue weighted by atomic mass is 15.2. The van der Waals surface area contributed by atoms with Crippen LogP contribution in [-0.4, -0.2) is 37.6 Å². The Hall–Kier alpha value is -0.590. The third-order valence-electron chi connectivity index (χ3n) is 4.36. The number of rotatable bonds is 5. The van der Waals surface area contributed by atoms with Crippen LogP contribution in [0.2, 0.25) is 0 Å². The van der Waals surface area contributed by atoms with Crippen molar-refractivity contribution in [1.82, 2.24) is 10.2 Å². The van der Waals surface area contributed by atoms with Crippen LogP contribution in [-0.2, 0) is 0 Å². The Morgan fingerprint density at radius 1 is 1.31 bits per heavy atom. The number of likely N-dealkylation sites (N-methyl/N-ethyl adjacent to an activating group) is 1. The Bertz CT molecular complexity index is 230. The number of nitrogens with one attached hydrogen (secondary N) is 1. The molecule has 1 atom stereocenters. The molecule has 1 fully saturated rings. The molecule has 1 saturated heterocycles. The summed E-state index contributed by atoms with van der Waals surface area (Å²) in [5.41, 5.74) is 0.582. The minimum absolute atomic E-state index is 0.0178. The van der Waals surface area contributed by atoms with Crippen molar-refractivity contribution >= 4 is 0 Å². The van der Waals surface area contributed by atoms with Crippen molar-refractivity contribution in [2.45, 2.75) is 45.6 Å². The topological polar surface area (TPSA) is 39.1 Å². The zero-order valence-electron chi connectivity index (χ0n) is 10.9. The van der Waals surface area contributed by atoms with Gasteiger partial charge in [0.2, 0.25) is 0 Å². The summed E-state index contributed by atoms with van der Waals surface area (Å²) < 4.78 is 0. The molecule has 0 radical (unpaired) electrons. The van der Waals surface area contributed by atoms with Crippen molar-refractivity contribution in [2.24, 2.45) is 5.41 Å². The molecule has 0 saturated carbocycles. The molecule has 16 heavy (non-hydrogen) atoms. The van der Waals surface area contributed by atoms with Gasteiger partial charge in [-0.25, -0.2) is 0 Å². The fraction of sp³-hybridized carbons (Fsp3) is 0.923. The van der Waals surface area contributed by atoms with E-state index in [-0.39, 0.29) is 6.04 Å². The van der Waals surface area contributed by atoms with Crippen LogP contribution in [0.15, 0.2) is 0 Å². The zero-order chi connectivity index (χ0) is 12.0. The van der Waals surface area contributed by atoms with Gasteiger partial charge in [-0.3, -0.25) is 0 Å². The summed E-state index contributed by atoms with van der Waals surface area (Å²) in [5.74, 6) is 0. The second kappa shape index (κ2) is 6.22. The van der Waals surface area contributed by atoms with E-state index >= 15 is 0 Å². The standard InChI is InChI=1S/C13H25N3/c1-4-13(5-2)6-8-16(9-7-13)11-12(10-14)15-3/h12,15H,4-9,11H2,1-3H3. The zero-order valence-corrected chi connectivity index (χ0v) is 10.9. The molecular formula is C13H25N3. The second-order valence-electron chi connectivity index (χ2n) is 4.98. The number of hydrogen-bond donors (Lipinski definition) is 1. The maximum absolute atomic E-state index is 8.91. The van der Waals surface area contributed by atoms with E-state index < -0.39 is 0 Å². The lowest BCUT2D eigenvalue weighted by Gasteiger charge is -2.41. The number of piperidine rings is 1. The van der Waals surface area contributed by atoms with E-state index in [1.807, 2.05) is 7.05 Å². The van der Waals surface area contributed by atoms with Crippen LogP contribution in [0.1, 0.15) is 39.5 Å². The van der Waals surface area contributed by atoms with Gasteiger partial charge in [0.15, 0.2) is 0 Å². The van der Waals surface area contributed by atoms with E-state index in [9.17, 15) is 0 Å². The molecule has 1 aliphatic heterocycles. The number of nitrogens with zero attached hydrogens (tertiary/aromatic N) is 2. The quantitative estimate of drug-likeness (QED) is 0.775. The lowest BCUT2D eigenvalue weighted by atomic mass is 9.74. The van der Waals surface area contributed by atoms with Gasteiger partial charge in [0.05, 0.1) is 6.07 Å². The van der Waals surface area contributed by atoms with Crippen LogP contribution in [0.4, 0.5) is 0 Å². The third-order valence-corrected chi connectivity index (χ3v) is 4.36. The Morgan fingerprint density at radius 2 is 1.88 bits per heavy atom. The molecule has 0 amide bonds. The molecule has 0 aromatic carbocycles. The fourth-order valence-electron chi connectivity index (χ4n) is 2.62. The predicted octanol–water partition coefficient (Wildman–Crippen LogP) is 2.00. The molecule has 0 aromatic rings. The van der Waals surface area contributed by atoms with Gasteiger partial charge < -0.3 is 10.2 Å². The van der Waals surface area contributed by atoms with Crippen molar-refractivity contribution in [2.75, 3.05) is 26.7 Å². The highest BCUT2D eigenvalue weighted by molar-refractivity contribution is 4.93. The predicted molar refractivity (Wildman–Crippen MR) is 67.1 cm³/mol. The van der Waals surface area contributed by atoms with Crippen molar-refractivity contribution < 1.29 is 0 Å². The molecule has 92 valence electrons. The smallest absolute Gasteiger partial charge is 0.108 e. The molecule has 1 aliphatic rings. The fourth-order valence-corrected chi connectivity index (χ4v) is 2.62. The molecule has 1 rings (SSSR count). The number of hydrogen-bond acceptors (Lipinski definition) is 3. The molecule has 0 spiro atoms. The Kier molecular flexibility index (Phi) is 5.24. The van der Waals surface area contributed by atoms with Crippen LogP contribution < -0.4 is 5.32 Å². The molecule has 1 N–H and O–H groups in total. The first-order chi connectivity index (χ1) is 7.69. The summed E-state index contributed by atoms with van der Waals surface area (Å²) in [7, 11) is 1.86. The normalized spacial score (nSPS) is 22.6. The van der Waals surface area contributed by atoms with E-state index in [2.05, 4.69) is 30.1 Å². The van der Waals surface area contributed by atoms with E-state index in [0.29, 0.717) is 5.41 Å². The highest BCUT2D eigenvalue weighted by Gasteiger charge is 2.31. The van der Waals surface area contributed by atoms with E-state index in [0.717, 1.165) is 19.6 Å². The second-order valence-corrected chi connectivity index (χ2v) is 4.98. The van der Waals surface area contributed by atoms with Crippen LogP contribution in [0, 0.1) is 16.7 Å². The van der Waals surface area contributed by atoms with Gasteiger partial charge in [0.1, 0.15) is 6.04 Å². The summed E-state index contributed by atoms with van der Waals surface area (Å²) in [4.78, 5) is 2.42. The number of nitriles is 1. The summed E-state index contributed by atoms with van der Waals surface area (Å²) in [5, 5.41) is 12.0. The van der Waals surface area contributed by atoms with E-state index in [1.54, 1.807) is 0 Å². The number of likely N-dealkylation sites (tertiary alicyclic amines) is 1. The maximum Gasteiger partial charge on any atom is 0.108 e. The van der Waals surface area contributed by atoms with Gasteiger partial charge in [-0.15, -0.1) is 0 Å². The van der Waals surface area contributed by atoms with Crippen LogP contribution in [0.3, 0.4) is 0 Å². The molecular weight excluding hydrogens is 198 g/mol.